The minimum absolute atomic E-state index is 0.0615. The van der Waals surface area contributed by atoms with E-state index in [1.54, 1.807) is 6.20 Å². The standard InChI is InChI=1S/C22H21ClF2N6O2/c1-12-7-29(8-13(2)33-12)9-14-5-16-20(26-6-14)30(22(32)31-21(16)27-11-28-31)10-15-3-4-17(24)18(23)19(15)25/h3-6,11-13H,7-10H2,1-2H3/t12-,13+. The van der Waals surface area contributed by atoms with E-state index in [2.05, 4.69) is 20.0 Å². The van der Waals surface area contributed by atoms with Crippen LogP contribution >= 0.6 is 11.6 Å². The monoisotopic (exact) mass is 474 g/mol. The van der Waals surface area contributed by atoms with Gasteiger partial charge in [0.15, 0.2) is 5.65 Å². The van der Waals surface area contributed by atoms with E-state index >= 15 is 0 Å². The van der Waals surface area contributed by atoms with Crippen LogP contribution < -0.4 is 5.69 Å². The van der Waals surface area contributed by atoms with E-state index in [-0.39, 0.29) is 24.3 Å². The number of nitrogens with zero attached hydrogens (tertiary/aromatic N) is 6. The van der Waals surface area contributed by atoms with Crippen molar-refractivity contribution in [2.24, 2.45) is 0 Å². The van der Waals surface area contributed by atoms with Crippen LogP contribution in [0.2, 0.25) is 5.02 Å². The Morgan fingerprint density at radius 1 is 1.12 bits per heavy atom. The van der Waals surface area contributed by atoms with Crippen molar-refractivity contribution in [1.82, 2.24) is 29.0 Å². The maximum absolute atomic E-state index is 14.6. The number of pyridine rings is 1. The van der Waals surface area contributed by atoms with Crippen molar-refractivity contribution in [1.29, 1.82) is 0 Å². The molecule has 1 fully saturated rings. The lowest BCUT2D eigenvalue weighted by Crippen LogP contribution is -2.44. The SMILES string of the molecule is C[C@@H]1CN(Cc2cnc3c(c2)c2ncnn2c(=O)n3Cc2ccc(F)c(Cl)c2F)C[C@H](C)O1. The minimum atomic E-state index is -0.914. The van der Waals surface area contributed by atoms with Crippen LogP contribution in [0.25, 0.3) is 16.7 Å². The van der Waals surface area contributed by atoms with E-state index in [0.29, 0.717) is 23.2 Å². The minimum Gasteiger partial charge on any atom is -0.373 e. The molecule has 0 N–H and O–H groups in total. The molecule has 4 aromatic rings. The smallest absolute Gasteiger partial charge is 0.352 e. The molecule has 0 amide bonds. The Morgan fingerprint density at radius 3 is 2.64 bits per heavy atom. The summed E-state index contributed by atoms with van der Waals surface area (Å²) in [5, 5.41) is 4.02. The van der Waals surface area contributed by atoms with Gasteiger partial charge < -0.3 is 4.74 Å². The molecular weight excluding hydrogens is 454 g/mol. The van der Waals surface area contributed by atoms with Crippen molar-refractivity contribution in [2.75, 3.05) is 13.1 Å². The summed E-state index contributed by atoms with van der Waals surface area (Å²) in [4.78, 5) is 24.1. The number of ether oxygens (including phenoxy) is 1. The molecule has 1 saturated heterocycles. The summed E-state index contributed by atoms with van der Waals surface area (Å²) >= 11 is 5.72. The fourth-order valence-corrected chi connectivity index (χ4v) is 4.59. The molecular formula is C22H21ClF2N6O2. The molecule has 33 heavy (non-hydrogen) atoms. The van der Waals surface area contributed by atoms with Crippen molar-refractivity contribution in [3.05, 3.63) is 69.0 Å². The number of hydrogen-bond donors (Lipinski definition) is 0. The molecule has 0 aliphatic carbocycles. The number of fused-ring (bicyclic) bond motifs is 3. The van der Waals surface area contributed by atoms with Gasteiger partial charge in [-0.1, -0.05) is 17.7 Å². The second kappa shape index (κ2) is 8.44. The van der Waals surface area contributed by atoms with Crippen LogP contribution in [-0.2, 0) is 17.8 Å². The highest BCUT2D eigenvalue weighted by molar-refractivity contribution is 6.30. The third-order valence-electron chi connectivity index (χ3n) is 5.72. The van der Waals surface area contributed by atoms with Crippen LogP contribution in [0.1, 0.15) is 25.0 Å². The molecule has 4 heterocycles. The molecule has 2 atom stereocenters. The number of morpholine rings is 1. The van der Waals surface area contributed by atoms with Crippen LogP contribution in [0.5, 0.6) is 0 Å². The molecule has 3 aromatic heterocycles. The summed E-state index contributed by atoms with van der Waals surface area (Å²) in [6.45, 7) is 6.14. The molecule has 0 unspecified atom stereocenters. The van der Waals surface area contributed by atoms with Crippen LogP contribution in [0.3, 0.4) is 0 Å². The predicted octanol–water partition coefficient (Wildman–Crippen LogP) is 3.03. The summed E-state index contributed by atoms with van der Waals surface area (Å²) in [6, 6.07) is 4.24. The molecule has 0 radical (unpaired) electrons. The van der Waals surface area contributed by atoms with Gasteiger partial charge in [0.25, 0.3) is 0 Å². The molecule has 172 valence electrons. The Labute approximate surface area is 192 Å². The second-order valence-corrected chi connectivity index (χ2v) is 8.74. The van der Waals surface area contributed by atoms with E-state index in [1.165, 1.54) is 17.0 Å². The van der Waals surface area contributed by atoms with Crippen molar-refractivity contribution in [3.63, 3.8) is 0 Å². The Balaban J connectivity index is 1.59. The maximum Gasteiger partial charge on any atom is 0.352 e. The topological polar surface area (TPSA) is 77.6 Å². The number of rotatable bonds is 4. The molecule has 1 aromatic carbocycles. The van der Waals surface area contributed by atoms with Crippen molar-refractivity contribution in [3.8, 4) is 0 Å². The average molecular weight is 475 g/mol. The molecule has 0 bridgehead atoms. The quantitative estimate of drug-likeness (QED) is 0.423. The lowest BCUT2D eigenvalue weighted by Gasteiger charge is -2.35. The first-order valence-corrected chi connectivity index (χ1v) is 10.9. The van der Waals surface area contributed by atoms with Crippen molar-refractivity contribution >= 4 is 28.3 Å². The zero-order valence-corrected chi connectivity index (χ0v) is 18.8. The second-order valence-electron chi connectivity index (χ2n) is 8.36. The average Bonchev–Trinajstić information content (AvgIpc) is 3.26. The zero-order valence-electron chi connectivity index (χ0n) is 18.0. The van der Waals surface area contributed by atoms with E-state index < -0.39 is 22.3 Å². The first-order valence-electron chi connectivity index (χ1n) is 10.5. The highest BCUT2D eigenvalue weighted by atomic mass is 35.5. The van der Waals surface area contributed by atoms with Gasteiger partial charge in [0, 0.05) is 31.4 Å². The van der Waals surface area contributed by atoms with E-state index in [9.17, 15) is 13.6 Å². The first-order chi connectivity index (χ1) is 15.8. The Hall–Kier alpha value is -2.95. The largest absolute Gasteiger partial charge is 0.373 e. The van der Waals surface area contributed by atoms with Gasteiger partial charge in [0.05, 0.1) is 24.1 Å². The van der Waals surface area contributed by atoms with Crippen LogP contribution in [-0.4, -0.2) is 54.3 Å². The Kier molecular flexibility index (Phi) is 5.59. The predicted molar refractivity (Wildman–Crippen MR) is 118 cm³/mol. The van der Waals surface area contributed by atoms with Gasteiger partial charge in [0.1, 0.15) is 28.6 Å². The molecule has 0 spiro atoms. The number of benzene rings is 1. The third-order valence-corrected chi connectivity index (χ3v) is 6.07. The van der Waals surface area contributed by atoms with Gasteiger partial charge in [-0.2, -0.15) is 9.61 Å². The fraction of sp³-hybridized carbons (Fsp3) is 0.364. The Bertz CT molecular complexity index is 1410. The number of hydrogen-bond acceptors (Lipinski definition) is 6. The normalized spacial score (nSPS) is 19.5. The molecule has 8 nitrogen and oxygen atoms in total. The molecule has 0 saturated carbocycles. The van der Waals surface area contributed by atoms with E-state index in [4.69, 9.17) is 16.3 Å². The summed E-state index contributed by atoms with van der Waals surface area (Å²) in [5.41, 5.74) is 1.15. The number of halogens is 3. The van der Waals surface area contributed by atoms with Gasteiger partial charge in [0.2, 0.25) is 0 Å². The van der Waals surface area contributed by atoms with Crippen molar-refractivity contribution < 1.29 is 13.5 Å². The van der Waals surface area contributed by atoms with Gasteiger partial charge in [-0.3, -0.25) is 9.47 Å². The van der Waals surface area contributed by atoms with Gasteiger partial charge in [-0.15, -0.1) is 0 Å². The summed E-state index contributed by atoms with van der Waals surface area (Å²) in [7, 11) is 0. The lowest BCUT2D eigenvalue weighted by atomic mass is 10.1. The van der Waals surface area contributed by atoms with E-state index in [0.717, 1.165) is 29.2 Å². The lowest BCUT2D eigenvalue weighted by molar-refractivity contribution is -0.0705. The molecule has 1 aliphatic heterocycles. The van der Waals surface area contributed by atoms with Crippen LogP contribution in [0.4, 0.5) is 8.78 Å². The molecule has 1 aliphatic rings. The fourth-order valence-electron chi connectivity index (χ4n) is 4.41. The Morgan fingerprint density at radius 2 is 1.88 bits per heavy atom. The first kappa shape index (κ1) is 21.9. The highest BCUT2D eigenvalue weighted by Gasteiger charge is 2.23. The van der Waals surface area contributed by atoms with Crippen LogP contribution in [0, 0.1) is 11.6 Å². The highest BCUT2D eigenvalue weighted by Crippen LogP contribution is 2.24. The van der Waals surface area contributed by atoms with Gasteiger partial charge in [-0.05, 0) is 31.5 Å². The van der Waals surface area contributed by atoms with Crippen molar-refractivity contribution in [2.45, 2.75) is 39.1 Å². The van der Waals surface area contributed by atoms with E-state index in [1.807, 2.05) is 19.9 Å². The summed E-state index contributed by atoms with van der Waals surface area (Å²) < 4.78 is 36.4. The zero-order chi connectivity index (χ0) is 23.3. The molecule has 5 rings (SSSR count). The number of aromatic nitrogens is 5. The maximum atomic E-state index is 14.6. The summed E-state index contributed by atoms with van der Waals surface area (Å²) in [5.74, 6) is -1.78. The van der Waals surface area contributed by atoms with Gasteiger partial charge in [-0.25, -0.2) is 23.5 Å². The third kappa shape index (κ3) is 3.98. The molecule has 11 heteroatoms. The van der Waals surface area contributed by atoms with Crippen LogP contribution in [0.15, 0.2) is 35.5 Å². The summed E-state index contributed by atoms with van der Waals surface area (Å²) in [6.07, 6.45) is 3.25. The van der Waals surface area contributed by atoms with Gasteiger partial charge >= 0.3 is 5.69 Å².